The highest BCUT2D eigenvalue weighted by atomic mass is 35.5. The number of hydrogen-bond donors (Lipinski definition) is 0. The van der Waals surface area contributed by atoms with Crippen LogP contribution in [0.5, 0.6) is 0 Å². The topological polar surface area (TPSA) is 70.6 Å². The van der Waals surface area contributed by atoms with Gasteiger partial charge in [-0.2, -0.15) is 4.31 Å². The molecule has 32 heavy (non-hydrogen) atoms. The highest BCUT2D eigenvalue weighted by Gasteiger charge is 2.27. The number of nitrogens with zero attached hydrogens (tertiary/aromatic N) is 3. The molecule has 0 atom stereocenters. The van der Waals surface area contributed by atoms with E-state index in [9.17, 15) is 13.2 Å². The number of aromatic nitrogens is 1. The van der Waals surface area contributed by atoms with E-state index in [-0.39, 0.29) is 17.3 Å². The summed E-state index contributed by atoms with van der Waals surface area (Å²) in [5.41, 5.74) is 1.66. The largest absolute Gasteiger partial charge is 0.302 e. The zero-order chi connectivity index (χ0) is 22.6. The number of carbonyl (C=O) groups excluding carboxylic acids is 1. The second-order valence-corrected chi connectivity index (χ2v) is 10.1. The summed E-state index contributed by atoms with van der Waals surface area (Å²) in [6.45, 7) is 1.26. The van der Waals surface area contributed by atoms with E-state index in [1.165, 1.54) is 10.4 Å². The highest BCUT2D eigenvalue weighted by molar-refractivity contribution is 7.89. The van der Waals surface area contributed by atoms with Crippen molar-refractivity contribution in [3.63, 3.8) is 0 Å². The predicted molar refractivity (Wildman–Crippen MR) is 125 cm³/mol. The van der Waals surface area contributed by atoms with Gasteiger partial charge in [-0.1, -0.05) is 30.2 Å². The molecule has 1 aliphatic rings. The Morgan fingerprint density at radius 3 is 2.41 bits per heavy atom. The van der Waals surface area contributed by atoms with Crippen LogP contribution in [0.25, 0.3) is 0 Å². The van der Waals surface area contributed by atoms with Crippen LogP contribution < -0.4 is 4.90 Å². The summed E-state index contributed by atoms with van der Waals surface area (Å²) in [4.78, 5) is 19.6. The number of rotatable bonds is 6. The fourth-order valence-corrected chi connectivity index (χ4v) is 5.44. The number of carbonyl (C=O) groups is 1. The molecule has 1 aromatic heterocycles. The maximum Gasteiger partial charge on any atom is 0.258 e. The van der Waals surface area contributed by atoms with E-state index < -0.39 is 10.0 Å². The van der Waals surface area contributed by atoms with E-state index in [1.807, 2.05) is 18.2 Å². The first-order chi connectivity index (χ1) is 15.4. The number of amides is 1. The van der Waals surface area contributed by atoms with Crippen molar-refractivity contribution >= 4 is 33.2 Å². The van der Waals surface area contributed by atoms with Gasteiger partial charge in [-0.25, -0.2) is 8.42 Å². The number of sulfonamides is 1. The van der Waals surface area contributed by atoms with Crippen molar-refractivity contribution < 1.29 is 13.2 Å². The van der Waals surface area contributed by atoms with E-state index in [1.54, 1.807) is 53.6 Å². The molecular formula is C24H24ClN3O3S. The van der Waals surface area contributed by atoms with Crippen LogP contribution in [0, 0.1) is 0 Å². The molecule has 0 unspecified atom stereocenters. The second-order valence-electron chi connectivity index (χ2n) is 7.68. The minimum Gasteiger partial charge on any atom is -0.302 e. The summed E-state index contributed by atoms with van der Waals surface area (Å²) >= 11 is 6.03. The molecule has 1 fully saturated rings. The van der Waals surface area contributed by atoms with Crippen molar-refractivity contribution in [2.24, 2.45) is 0 Å². The van der Waals surface area contributed by atoms with Gasteiger partial charge in [0.25, 0.3) is 5.91 Å². The quantitative estimate of drug-likeness (QED) is 0.522. The summed E-state index contributed by atoms with van der Waals surface area (Å²) in [6.07, 6.45) is 4.42. The molecule has 2 aromatic carbocycles. The van der Waals surface area contributed by atoms with Gasteiger partial charge in [-0.15, -0.1) is 0 Å². The zero-order valence-corrected chi connectivity index (χ0v) is 19.1. The summed E-state index contributed by atoms with van der Waals surface area (Å²) in [6, 6.07) is 18.7. The van der Waals surface area contributed by atoms with E-state index >= 15 is 0 Å². The van der Waals surface area contributed by atoms with Crippen molar-refractivity contribution in [2.45, 2.75) is 30.7 Å². The summed E-state index contributed by atoms with van der Waals surface area (Å²) < 4.78 is 27.7. The fourth-order valence-electron chi connectivity index (χ4n) is 3.75. The molecule has 0 saturated carbocycles. The average Bonchev–Trinajstić information content (AvgIpc) is 2.84. The van der Waals surface area contributed by atoms with Gasteiger partial charge in [-0.3, -0.25) is 9.78 Å². The number of hydrogen-bond acceptors (Lipinski definition) is 4. The molecule has 0 spiro atoms. The Labute approximate surface area is 193 Å². The van der Waals surface area contributed by atoms with E-state index in [0.717, 1.165) is 19.3 Å². The van der Waals surface area contributed by atoms with Gasteiger partial charge >= 0.3 is 0 Å². The number of halogens is 1. The van der Waals surface area contributed by atoms with E-state index in [0.29, 0.717) is 35.1 Å². The van der Waals surface area contributed by atoms with Gasteiger partial charge in [-0.05, 0) is 67.4 Å². The molecule has 0 radical (unpaired) electrons. The highest BCUT2D eigenvalue weighted by Crippen LogP contribution is 2.25. The van der Waals surface area contributed by atoms with Crippen LogP contribution in [0.2, 0.25) is 5.02 Å². The molecule has 0 N–H and O–H groups in total. The lowest BCUT2D eigenvalue weighted by molar-refractivity contribution is 0.0984. The minimum atomic E-state index is -3.64. The van der Waals surface area contributed by atoms with Crippen LogP contribution in [-0.4, -0.2) is 36.7 Å². The third kappa shape index (κ3) is 5.01. The number of anilines is 1. The normalized spacial score (nSPS) is 14.8. The predicted octanol–water partition coefficient (Wildman–Crippen LogP) is 4.76. The molecular weight excluding hydrogens is 446 g/mol. The SMILES string of the molecule is O=C(c1cccc(S(=O)(=O)N2CCCCC2)c1)N(Cc1ccccn1)c1ccc(Cl)cc1. The van der Waals surface area contributed by atoms with Crippen LogP contribution in [-0.2, 0) is 16.6 Å². The Morgan fingerprint density at radius 2 is 1.72 bits per heavy atom. The number of piperidine rings is 1. The molecule has 3 aromatic rings. The first-order valence-corrected chi connectivity index (χ1v) is 12.3. The Kier molecular flexibility index (Phi) is 6.89. The van der Waals surface area contributed by atoms with Crippen molar-refractivity contribution in [3.8, 4) is 0 Å². The molecule has 1 amide bonds. The molecule has 2 heterocycles. The zero-order valence-electron chi connectivity index (χ0n) is 17.5. The molecule has 0 aliphatic carbocycles. The number of pyridine rings is 1. The van der Waals surface area contributed by atoms with E-state index in [2.05, 4.69) is 4.98 Å². The van der Waals surface area contributed by atoms with Gasteiger partial charge in [0.05, 0.1) is 17.1 Å². The lowest BCUT2D eigenvalue weighted by Crippen LogP contribution is -2.36. The van der Waals surface area contributed by atoms with Crippen LogP contribution in [0.3, 0.4) is 0 Å². The van der Waals surface area contributed by atoms with E-state index in [4.69, 9.17) is 11.6 Å². The molecule has 0 bridgehead atoms. The third-order valence-corrected chi connectivity index (χ3v) is 7.61. The lowest BCUT2D eigenvalue weighted by Gasteiger charge is -2.26. The Hall–Kier alpha value is -2.74. The molecule has 166 valence electrons. The monoisotopic (exact) mass is 469 g/mol. The third-order valence-electron chi connectivity index (χ3n) is 5.46. The first kappa shape index (κ1) is 22.5. The van der Waals surface area contributed by atoms with Gasteiger partial charge in [0.2, 0.25) is 10.0 Å². The Morgan fingerprint density at radius 1 is 0.969 bits per heavy atom. The van der Waals surface area contributed by atoms with Gasteiger partial charge in [0, 0.05) is 35.6 Å². The fraction of sp³-hybridized carbons (Fsp3) is 0.250. The van der Waals surface area contributed by atoms with Crippen LogP contribution in [0.1, 0.15) is 35.3 Å². The van der Waals surface area contributed by atoms with Crippen LogP contribution in [0.15, 0.2) is 77.8 Å². The Bertz CT molecular complexity index is 1180. The Balaban J connectivity index is 1.67. The second kappa shape index (κ2) is 9.81. The maximum atomic E-state index is 13.5. The molecule has 1 aliphatic heterocycles. The molecule has 8 heteroatoms. The molecule has 4 rings (SSSR count). The maximum absolute atomic E-state index is 13.5. The smallest absolute Gasteiger partial charge is 0.258 e. The van der Waals surface area contributed by atoms with Crippen molar-refractivity contribution in [2.75, 3.05) is 18.0 Å². The molecule has 6 nitrogen and oxygen atoms in total. The van der Waals surface area contributed by atoms with Gasteiger partial charge in [0.1, 0.15) is 0 Å². The summed E-state index contributed by atoms with van der Waals surface area (Å²) in [5.74, 6) is -0.311. The standard InChI is InChI=1S/C24H24ClN3O3S/c25-20-10-12-22(13-11-20)28(18-21-8-2-3-14-26-21)24(29)19-7-6-9-23(17-19)32(30,31)27-15-4-1-5-16-27/h2-3,6-14,17H,1,4-5,15-16,18H2. The summed E-state index contributed by atoms with van der Waals surface area (Å²) in [5, 5.41) is 0.564. The minimum absolute atomic E-state index is 0.138. The average molecular weight is 470 g/mol. The first-order valence-electron chi connectivity index (χ1n) is 10.5. The molecule has 1 saturated heterocycles. The van der Waals surface area contributed by atoms with Crippen LogP contribution >= 0.6 is 11.6 Å². The van der Waals surface area contributed by atoms with Gasteiger partial charge in [0.15, 0.2) is 0 Å². The van der Waals surface area contributed by atoms with Crippen molar-refractivity contribution in [1.29, 1.82) is 0 Å². The van der Waals surface area contributed by atoms with Crippen molar-refractivity contribution in [1.82, 2.24) is 9.29 Å². The summed E-state index contributed by atoms with van der Waals surface area (Å²) in [7, 11) is -3.64. The van der Waals surface area contributed by atoms with Crippen molar-refractivity contribution in [3.05, 3.63) is 89.2 Å². The lowest BCUT2D eigenvalue weighted by atomic mass is 10.1. The van der Waals surface area contributed by atoms with Crippen LogP contribution in [0.4, 0.5) is 5.69 Å². The van der Waals surface area contributed by atoms with Gasteiger partial charge < -0.3 is 4.90 Å². The number of benzene rings is 2.